The first kappa shape index (κ1) is 46.8. The second kappa shape index (κ2) is 18.1. The minimum Gasteiger partial charge on any atom is -0.444 e. The summed E-state index contributed by atoms with van der Waals surface area (Å²) in [4.78, 5) is 77.8. The van der Waals surface area contributed by atoms with Crippen LogP contribution in [0.25, 0.3) is 5.57 Å². The molecule has 0 unspecified atom stereocenters. The molecule has 326 valence electrons. The van der Waals surface area contributed by atoms with Crippen LogP contribution in [0.1, 0.15) is 122 Å². The summed E-state index contributed by atoms with van der Waals surface area (Å²) in [5.41, 5.74) is 2.53. The van der Waals surface area contributed by atoms with Crippen LogP contribution in [0.5, 0.6) is 0 Å². The van der Waals surface area contributed by atoms with Crippen molar-refractivity contribution in [2.24, 2.45) is 9.98 Å². The average molecular weight is 832 g/mol. The van der Waals surface area contributed by atoms with Crippen molar-refractivity contribution in [1.29, 1.82) is 0 Å². The van der Waals surface area contributed by atoms with Crippen molar-refractivity contribution >= 4 is 53.5 Å². The molecule has 2 N–H and O–H groups in total. The molecule has 2 aliphatic heterocycles. The second-order valence-corrected chi connectivity index (χ2v) is 18.7. The van der Waals surface area contributed by atoms with Gasteiger partial charge >= 0.3 is 24.4 Å². The number of aryl methyl sites for hydroxylation is 1. The lowest BCUT2D eigenvalue weighted by Crippen LogP contribution is -2.48. The van der Waals surface area contributed by atoms with Gasteiger partial charge in [0.15, 0.2) is 0 Å². The number of rotatable bonds is 3. The number of nitrogens with one attached hydrogen (secondary N) is 2. The summed E-state index contributed by atoms with van der Waals surface area (Å²) in [5.74, 6) is -0.188. The van der Waals surface area contributed by atoms with E-state index in [1.165, 1.54) is 11.9 Å². The van der Waals surface area contributed by atoms with E-state index < -0.39 is 46.8 Å². The first-order valence-electron chi connectivity index (χ1n) is 19.9. The Labute approximate surface area is 353 Å². The normalized spacial score (nSPS) is 15.1. The summed E-state index contributed by atoms with van der Waals surface area (Å²) in [6.07, 6.45) is -0.518. The Hall–Kier alpha value is -5.93. The van der Waals surface area contributed by atoms with Crippen LogP contribution >= 0.6 is 0 Å². The summed E-state index contributed by atoms with van der Waals surface area (Å²) in [6, 6.07) is 11.2. The number of anilines is 1. The highest BCUT2D eigenvalue weighted by molar-refractivity contribution is 6.06. The maximum atomic E-state index is 13.6. The molecule has 0 radical (unpaired) electrons. The molecule has 0 aliphatic carbocycles. The van der Waals surface area contributed by atoms with Crippen molar-refractivity contribution < 1.29 is 42.9 Å². The molecule has 2 aromatic rings. The van der Waals surface area contributed by atoms with Crippen LogP contribution in [0.4, 0.5) is 24.9 Å². The topological polar surface area (TPSA) is 181 Å². The van der Waals surface area contributed by atoms with Gasteiger partial charge in [-0.05, 0) is 142 Å². The van der Waals surface area contributed by atoms with E-state index >= 15 is 0 Å². The fourth-order valence-corrected chi connectivity index (χ4v) is 6.13. The highest BCUT2D eigenvalue weighted by Gasteiger charge is 2.31. The van der Waals surface area contributed by atoms with Gasteiger partial charge in [0.25, 0.3) is 5.91 Å². The molecule has 0 atom stereocenters. The zero-order valence-corrected chi connectivity index (χ0v) is 37.5. The average Bonchev–Trinajstić information content (AvgIpc) is 3.50. The van der Waals surface area contributed by atoms with Gasteiger partial charge in [0, 0.05) is 44.5 Å². The molecule has 60 heavy (non-hydrogen) atoms. The first-order valence-corrected chi connectivity index (χ1v) is 19.9. The predicted octanol–water partition coefficient (Wildman–Crippen LogP) is 8.63. The minimum absolute atomic E-state index is 0.0145. The molecule has 2 aromatic carbocycles. The smallest absolute Gasteiger partial charge is 0.437 e. The highest BCUT2D eigenvalue weighted by Crippen LogP contribution is 2.29. The Balaban J connectivity index is 1.47. The molecule has 4 rings (SSSR count). The number of guanidine groups is 2. The standard InChI is InChI=1S/C44H61N7O9/c1-27-23-29(28-19-21-50(22-20-28)36(48-39(55)59-43(8,9)10)49(14)40(56)60-44(11,12)13)16-18-33(27)34(52)45-32-17-15-30-25-51(26-31(30)24-32)35(46-37(53)57-41(2,3)4)47-38(54)58-42(5,6)7/h15-19,23-24H,20-22,25-26H2,1-14H3,(H,45,52)(H,46,47,53,54). The quantitative estimate of drug-likeness (QED) is 0.172. The van der Waals surface area contributed by atoms with E-state index in [0.29, 0.717) is 43.9 Å². The van der Waals surface area contributed by atoms with Gasteiger partial charge in [-0.2, -0.15) is 0 Å². The van der Waals surface area contributed by atoms with Crippen LogP contribution in [0.3, 0.4) is 0 Å². The third kappa shape index (κ3) is 14.1. The zero-order chi connectivity index (χ0) is 45.0. The summed E-state index contributed by atoms with van der Waals surface area (Å²) < 4.78 is 21.8. The minimum atomic E-state index is -0.859. The van der Waals surface area contributed by atoms with Gasteiger partial charge in [0.1, 0.15) is 22.4 Å². The van der Waals surface area contributed by atoms with Crippen molar-refractivity contribution in [2.75, 3.05) is 25.5 Å². The number of nitrogens with zero attached hydrogens (tertiary/aromatic N) is 5. The number of carbonyl (C=O) groups is 5. The Morgan fingerprint density at radius 3 is 1.83 bits per heavy atom. The molecular formula is C44H61N7O9. The van der Waals surface area contributed by atoms with Gasteiger partial charge in [-0.25, -0.2) is 19.2 Å². The first-order chi connectivity index (χ1) is 27.6. The predicted molar refractivity (Wildman–Crippen MR) is 230 cm³/mol. The molecule has 5 amide bonds. The van der Waals surface area contributed by atoms with Gasteiger partial charge in [-0.3, -0.25) is 15.0 Å². The Bertz CT molecular complexity index is 2080. The van der Waals surface area contributed by atoms with E-state index in [1.54, 1.807) is 100 Å². The summed E-state index contributed by atoms with van der Waals surface area (Å²) in [5, 5.41) is 5.61. The number of benzene rings is 2. The molecule has 16 heteroatoms. The number of fused-ring (bicyclic) bond motifs is 1. The van der Waals surface area contributed by atoms with Crippen LogP contribution in [0.15, 0.2) is 52.5 Å². The van der Waals surface area contributed by atoms with Crippen LogP contribution in [0.2, 0.25) is 0 Å². The molecule has 16 nitrogen and oxygen atoms in total. The van der Waals surface area contributed by atoms with Gasteiger partial charge in [-0.15, -0.1) is 9.98 Å². The highest BCUT2D eigenvalue weighted by atomic mass is 16.6. The molecule has 0 spiro atoms. The molecule has 2 heterocycles. The van der Waals surface area contributed by atoms with Crippen molar-refractivity contribution in [3.63, 3.8) is 0 Å². The van der Waals surface area contributed by atoms with Gasteiger partial charge < -0.3 is 34.1 Å². The van der Waals surface area contributed by atoms with E-state index in [-0.39, 0.29) is 17.8 Å². The summed E-state index contributed by atoms with van der Waals surface area (Å²) >= 11 is 0. The number of ether oxygens (including phenoxy) is 4. The summed E-state index contributed by atoms with van der Waals surface area (Å²) in [7, 11) is 1.51. The fraction of sp³-hybridized carbons (Fsp3) is 0.523. The summed E-state index contributed by atoms with van der Waals surface area (Å²) in [6.45, 7) is 24.2. The molecule has 2 aliphatic rings. The lowest BCUT2D eigenvalue weighted by atomic mass is 9.95. The van der Waals surface area contributed by atoms with Crippen LogP contribution in [0, 0.1) is 6.92 Å². The maximum absolute atomic E-state index is 13.6. The van der Waals surface area contributed by atoms with Gasteiger partial charge in [-0.1, -0.05) is 24.3 Å². The Morgan fingerprint density at radius 2 is 1.28 bits per heavy atom. The number of hydrogen-bond acceptors (Lipinski definition) is 9. The fourth-order valence-electron chi connectivity index (χ4n) is 6.13. The van der Waals surface area contributed by atoms with Gasteiger partial charge in [0.2, 0.25) is 11.9 Å². The van der Waals surface area contributed by atoms with Crippen LogP contribution in [-0.2, 0) is 32.0 Å². The molecule has 0 bridgehead atoms. The SMILES string of the molecule is Cc1cc(C2=CCN(C(=NC(=O)OC(C)(C)C)N(C)C(=O)OC(C)(C)C)CC2)ccc1C(=O)Nc1ccc2c(c1)CN(C(=NC(=O)OC(C)(C)C)NC(=O)OC(C)(C)C)C2. The zero-order valence-electron chi connectivity index (χ0n) is 37.5. The van der Waals surface area contributed by atoms with Crippen molar-refractivity contribution in [2.45, 2.75) is 132 Å². The van der Waals surface area contributed by atoms with E-state index in [2.05, 4.69) is 20.6 Å². The number of aliphatic imine (C=N–C) groups is 2. The number of carbonyl (C=O) groups excluding carboxylic acids is 5. The number of hydrogen-bond donors (Lipinski definition) is 2. The molecule has 0 aromatic heterocycles. The Kier molecular flexibility index (Phi) is 14.1. The third-order valence-corrected chi connectivity index (χ3v) is 8.58. The van der Waals surface area contributed by atoms with E-state index in [4.69, 9.17) is 18.9 Å². The number of alkyl carbamates (subject to hydrolysis) is 1. The maximum Gasteiger partial charge on any atom is 0.437 e. The largest absolute Gasteiger partial charge is 0.444 e. The molecule has 0 saturated heterocycles. The van der Waals surface area contributed by atoms with Gasteiger partial charge in [0.05, 0.1) is 0 Å². The van der Waals surface area contributed by atoms with E-state index in [0.717, 1.165) is 27.8 Å². The van der Waals surface area contributed by atoms with Crippen LogP contribution in [-0.4, -0.2) is 99.4 Å². The molecule has 0 fully saturated rings. The van der Waals surface area contributed by atoms with E-state index in [1.807, 2.05) is 42.2 Å². The molecular weight excluding hydrogens is 771 g/mol. The number of amides is 5. The van der Waals surface area contributed by atoms with Crippen molar-refractivity contribution in [1.82, 2.24) is 20.0 Å². The van der Waals surface area contributed by atoms with E-state index in [9.17, 15) is 24.0 Å². The monoisotopic (exact) mass is 831 g/mol. The second-order valence-electron chi connectivity index (χ2n) is 18.7. The third-order valence-electron chi connectivity index (χ3n) is 8.58. The van der Waals surface area contributed by atoms with Crippen LogP contribution < -0.4 is 10.6 Å². The van der Waals surface area contributed by atoms with Crippen molar-refractivity contribution in [3.8, 4) is 0 Å². The van der Waals surface area contributed by atoms with Crippen molar-refractivity contribution in [3.05, 3.63) is 70.3 Å². The molecule has 0 saturated carbocycles. The lowest BCUT2D eigenvalue weighted by molar-refractivity contribution is 0.0380. The Morgan fingerprint density at radius 1 is 0.700 bits per heavy atom. The lowest BCUT2D eigenvalue weighted by Gasteiger charge is -2.34.